The topological polar surface area (TPSA) is 18.5 Å². The van der Waals surface area contributed by atoms with Gasteiger partial charge in [-0.25, -0.2) is 0 Å². The van der Waals surface area contributed by atoms with Crippen molar-refractivity contribution in [3.8, 4) is 0 Å². The van der Waals surface area contributed by atoms with Crippen molar-refractivity contribution < 1.29 is 40.5 Å². The SMILES string of the molecule is CCOCCOCC.[H-].[Na+]. The van der Waals surface area contributed by atoms with E-state index in [-0.39, 0.29) is 31.0 Å². The molecule has 0 spiro atoms. The Morgan fingerprint density at radius 2 is 1.33 bits per heavy atom. The van der Waals surface area contributed by atoms with Crippen LogP contribution in [0, 0.1) is 0 Å². The van der Waals surface area contributed by atoms with Gasteiger partial charge in [-0.3, -0.25) is 0 Å². The molecule has 0 aliphatic heterocycles. The third kappa shape index (κ3) is 12.2. The van der Waals surface area contributed by atoms with Gasteiger partial charge in [0.2, 0.25) is 0 Å². The van der Waals surface area contributed by atoms with E-state index in [1.165, 1.54) is 0 Å². The first-order chi connectivity index (χ1) is 3.91. The second-order valence-electron chi connectivity index (χ2n) is 1.39. The van der Waals surface area contributed by atoms with Crippen LogP contribution < -0.4 is 29.6 Å². The summed E-state index contributed by atoms with van der Waals surface area (Å²) < 4.78 is 10.0. The molecule has 0 fully saturated rings. The summed E-state index contributed by atoms with van der Waals surface area (Å²) in [5, 5.41) is 0. The third-order valence-electron chi connectivity index (χ3n) is 0.780. The van der Waals surface area contributed by atoms with Crippen LogP contribution in [0.25, 0.3) is 0 Å². The normalized spacial score (nSPS) is 8.67. The molecule has 0 bridgehead atoms. The summed E-state index contributed by atoms with van der Waals surface area (Å²) in [6.07, 6.45) is 0. The summed E-state index contributed by atoms with van der Waals surface area (Å²) in [7, 11) is 0. The monoisotopic (exact) mass is 142 g/mol. The van der Waals surface area contributed by atoms with Crippen molar-refractivity contribution in [1.29, 1.82) is 0 Å². The van der Waals surface area contributed by atoms with E-state index < -0.39 is 0 Å². The van der Waals surface area contributed by atoms with E-state index in [0.29, 0.717) is 0 Å². The summed E-state index contributed by atoms with van der Waals surface area (Å²) in [6.45, 7) is 6.98. The predicted octanol–water partition coefficient (Wildman–Crippen LogP) is -1.82. The molecule has 0 heterocycles. The molecule has 2 nitrogen and oxygen atoms in total. The minimum absolute atomic E-state index is 0. The molecule has 0 saturated heterocycles. The minimum Gasteiger partial charge on any atom is -1.00 e. The van der Waals surface area contributed by atoms with E-state index in [1.807, 2.05) is 13.8 Å². The maximum absolute atomic E-state index is 5.01. The van der Waals surface area contributed by atoms with Crippen LogP contribution in [0.5, 0.6) is 0 Å². The molecular formula is C6H15NaO2. The fraction of sp³-hybridized carbons (Fsp3) is 1.00. The average Bonchev–Trinajstić information content (AvgIpc) is 1.81. The van der Waals surface area contributed by atoms with Crippen molar-refractivity contribution >= 4 is 0 Å². The number of hydrogen-bond donors (Lipinski definition) is 0. The maximum Gasteiger partial charge on any atom is 1.00 e. The van der Waals surface area contributed by atoms with Gasteiger partial charge in [0.25, 0.3) is 0 Å². The Balaban J connectivity index is -0.000000245. The number of rotatable bonds is 5. The van der Waals surface area contributed by atoms with Gasteiger partial charge in [0.15, 0.2) is 0 Å². The number of hydrogen-bond acceptors (Lipinski definition) is 2. The molecule has 0 aliphatic carbocycles. The van der Waals surface area contributed by atoms with E-state index in [4.69, 9.17) is 9.47 Å². The van der Waals surface area contributed by atoms with Crippen molar-refractivity contribution in [3.63, 3.8) is 0 Å². The molecule has 3 heteroatoms. The smallest absolute Gasteiger partial charge is 1.00 e. The first kappa shape index (κ1) is 12.6. The van der Waals surface area contributed by atoms with E-state index >= 15 is 0 Å². The fourth-order valence-corrected chi connectivity index (χ4v) is 0.407. The van der Waals surface area contributed by atoms with E-state index in [1.54, 1.807) is 0 Å². The third-order valence-corrected chi connectivity index (χ3v) is 0.780. The summed E-state index contributed by atoms with van der Waals surface area (Å²) >= 11 is 0. The summed E-state index contributed by atoms with van der Waals surface area (Å²) in [5.74, 6) is 0. The van der Waals surface area contributed by atoms with Gasteiger partial charge in [-0.15, -0.1) is 0 Å². The van der Waals surface area contributed by atoms with Gasteiger partial charge < -0.3 is 10.9 Å². The van der Waals surface area contributed by atoms with Gasteiger partial charge >= 0.3 is 29.6 Å². The van der Waals surface area contributed by atoms with Crippen molar-refractivity contribution in [1.82, 2.24) is 0 Å². The van der Waals surface area contributed by atoms with Crippen molar-refractivity contribution in [2.24, 2.45) is 0 Å². The molecule has 0 N–H and O–H groups in total. The molecule has 0 saturated carbocycles. The van der Waals surface area contributed by atoms with E-state index in [2.05, 4.69) is 0 Å². The summed E-state index contributed by atoms with van der Waals surface area (Å²) in [5.41, 5.74) is 0. The van der Waals surface area contributed by atoms with E-state index in [0.717, 1.165) is 26.4 Å². The fourth-order valence-electron chi connectivity index (χ4n) is 0.407. The molecule has 0 aromatic carbocycles. The Morgan fingerprint density at radius 1 is 1.00 bits per heavy atom. The predicted molar refractivity (Wildman–Crippen MR) is 34.1 cm³/mol. The van der Waals surface area contributed by atoms with Crippen LogP contribution in [0.15, 0.2) is 0 Å². The van der Waals surface area contributed by atoms with Crippen LogP contribution in [-0.4, -0.2) is 26.4 Å². The molecule has 0 unspecified atom stereocenters. The largest absolute Gasteiger partial charge is 1.00 e. The zero-order chi connectivity index (χ0) is 6.24. The average molecular weight is 142 g/mol. The van der Waals surface area contributed by atoms with Gasteiger partial charge in [0, 0.05) is 13.2 Å². The molecule has 9 heavy (non-hydrogen) atoms. The Labute approximate surface area is 80.7 Å². The zero-order valence-electron chi connectivity index (χ0n) is 7.64. The van der Waals surface area contributed by atoms with Crippen molar-refractivity contribution in [2.45, 2.75) is 13.8 Å². The van der Waals surface area contributed by atoms with Gasteiger partial charge in [0.05, 0.1) is 13.2 Å². The van der Waals surface area contributed by atoms with Gasteiger partial charge in [-0.2, -0.15) is 0 Å². The minimum atomic E-state index is 0. The molecule has 0 rings (SSSR count). The van der Waals surface area contributed by atoms with Gasteiger partial charge in [-0.05, 0) is 13.8 Å². The number of ether oxygens (including phenoxy) is 2. The van der Waals surface area contributed by atoms with E-state index in [9.17, 15) is 0 Å². The second kappa shape index (κ2) is 11.7. The van der Waals surface area contributed by atoms with Crippen LogP contribution in [-0.2, 0) is 9.47 Å². The van der Waals surface area contributed by atoms with Gasteiger partial charge in [-0.1, -0.05) is 0 Å². The van der Waals surface area contributed by atoms with Crippen LogP contribution in [0.3, 0.4) is 0 Å². The summed E-state index contributed by atoms with van der Waals surface area (Å²) in [6, 6.07) is 0. The molecule has 0 aromatic heterocycles. The Hall–Kier alpha value is 0.920. The van der Waals surface area contributed by atoms with Crippen molar-refractivity contribution in [3.05, 3.63) is 0 Å². The van der Waals surface area contributed by atoms with Crippen LogP contribution in [0.4, 0.5) is 0 Å². The van der Waals surface area contributed by atoms with Crippen LogP contribution >= 0.6 is 0 Å². The second-order valence-corrected chi connectivity index (χ2v) is 1.39. The Kier molecular flexibility index (Phi) is 16.3. The Morgan fingerprint density at radius 3 is 1.56 bits per heavy atom. The molecule has 0 atom stereocenters. The first-order valence-corrected chi connectivity index (χ1v) is 3.07. The maximum atomic E-state index is 5.01. The molecule has 0 aromatic rings. The first-order valence-electron chi connectivity index (χ1n) is 3.07. The van der Waals surface area contributed by atoms with Crippen LogP contribution in [0.2, 0.25) is 0 Å². The quantitative estimate of drug-likeness (QED) is 0.332. The van der Waals surface area contributed by atoms with Crippen molar-refractivity contribution in [2.75, 3.05) is 26.4 Å². The molecule has 52 valence electrons. The molecule has 0 aliphatic rings. The van der Waals surface area contributed by atoms with Gasteiger partial charge in [0.1, 0.15) is 0 Å². The zero-order valence-corrected chi connectivity index (χ0v) is 8.64. The van der Waals surface area contributed by atoms with Crippen LogP contribution in [0.1, 0.15) is 15.3 Å². The standard InChI is InChI=1S/C6H14O2.Na.H/c1-3-7-5-6-8-4-2;;/h3-6H2,1-2H3;;/q;+1;-1. The molecular weight excluding hydrogens is 127 g/mol. The summed E-state index contributed by atoms with van der Waals surface area (Å²) in [4.78, 5) is 0. The Bertz CT molecular complexity index is 40.7. The molecule has 0 radical (unpaired) electrons. The molecule has 0 amide bonds.